The number of aliphatic carboxylic acids is 1. The van der Waals surface area contributed by atoms with Gasteiger partial charge in [0, 0.05) is 20.1 Å². The summed E-state index contributed by atoms with van der Waals surface area (Å²) in [5.74, 6) is -0.722. The van der Waals surface area contributed by atoms with Crippen molar-refractivity contribution in [2.45, 2.75) is 31.7 Å². The smallest absolute Gasteiger partial charge is 0.326 e. The van der Waals surface area contributed by atoms with Crippen LogP contribution in [-0.4, -0.2) is 43.9 Å². The fourth-order valence-corrected chi connectivity index (χ4v) is 1.97. The molecule has 0 spiro atoms. The minimum atomic E-state index is -1.07. The molecule has 0 fully saturated rings. The molecule has 0 saturated carbocycles. The minimum Gasteiger partial charge on any atom is -0.497 e. The quantitative estimate of drug-likeness (QED) is 0.761. The molecule has 0 aliphatic carbocycles. The first kappa shape index (κ1) is 18.0. The molecule has 22 heavy (non-hydrogen) atoms. The number of hydrogen-bond acceptors (Lipinski definition) is 4. The third-order valence-electron chi connectivity index (χ3n) is 3.59. The predicted molar refractivity (Wildman–Crippen MR) is 82.1 cm³/mol. The molecular formula is C16H23NO5. The average molecular weight is 309 g/mol. The molecule has 1 unspecified atom stereocenters. The van der Waals surface area contributed by atoms with Crippen LogP contribution in [0.15, 0.2) is 24.3 Å². The van der Waals surface area contributed by atoms with Crippen LogP contribution in [-0.2, 0) is 19.7 Å². The van der Waals surface area contributed by atoms with Gasteiger partial charge in [-0.25, -0.2) is 4.79 Å². The summed E-state index contributed by atoms with van der Waals surface area (Å²) < 4.78 is 9.96. The number of nitrogens with one attached hydrogen (secondary N) is 1. The first-order valence-corrected chi connectivity index (χ1v) is 7.00. The van der Waals surface area contributed by atoms with Gasteiger partial charge in [-0.2, -0.15) is 0 Å². The zero-order chi connectivity index (χ0) is 16.8. The molecule has 6 heteroatoms. The van der Waals surface area contributed by atoms with E-state index in [0.29, 0.717) is 5.75 Å². The molecule has 0 aliphatic heterocycles. The van der Waals surface area contributed by atoms with E-state index in [4.69, 9.17) is 14.6 Å². The van der Waals surface area contributed by atoms with Crippen molar-refractivity contribution < 1.29 is 24.2 Å². The predicted octanol–water partition coefficient (Wildman–Crippen LogP) is 1.58. The lowest BCUT2D eigenvalue weighted by molar-refractivity contribution is -0.143. The van der Waals surface area contributed by atoms with E-state index in [-0.39, 0.29) is 18.9 Å². The number of amides is 1. The van der Waals surface area contributed by atoms with Gasteiger partial charge in [-0.1, -0.05) is 12.1 Å². The lowest BCUT2D eigenvalue weighted by Gasteiger charge is -2.26. The van der Waals surface area contributed by atoms with Crippen molar-refractivity contribution in [3.05, 3.63) is 29.8 Å². The molecule has 2 N–H and O–H groups in total. The first-order valence-electron chi connectivity index (χ1n) is 7.00. The standard InChI is InChI=1S/C16H23NO5/c1-16(2,11-5-7-12(22-4)8-6-11)15(20)17-13(14(18)19)9-10-21-3/h5-8,13H,9-10H2,1-4H3,(H,17,20)(H,18,19). The molecule has 0 aromatic heterocycles. The first-order chi connectivity index (χ1) is 10.3. The van der Waals surface area contributed by atoms with Gasteiger partial charge in [0.2, 0.25) is 5.91 Å². The summed E-state index contributed by atoms with van der Waals surface area (Å²) >= 11 is 0. The van der Waals surface area contributed by atoms with E-state index in [2.05, 4.69) is 5.32 Å². The van der Waals surface area contributed by atoms with Gasteiger partial charge in [0.25, 0.3) is 0 Å². The van der Waals surface area contributed by atoms with Crippen LogP contribution in [0.3, 0.4) is 0 Å². The fraction of sp³-hybridized carbons (Fsp3) is 0.500. The Hall–Kier alpha value is -2.08. The van der Waals surface area contributed by atoms with Gasteiger partial charge in [0.1, 0.15) is 11.8 Å². The van der Waals surface area contributed by atoms with Crippen molar-refractivity contribution in [1.29, 1.82) is 0 Å². The highest BCUT2D eigenvalue weighted by atomic mass is 16.5. The van der Waals surface area contributed by atoms with Crippen molar-refractivity contribution in [2.75, 3.05) is 20.8 Å². The number of carboxylic acid groups (broad SMARTS) is 1. The van der Waals surface area contributed by atoms with Crippen LogP contribution in [0.2, 0.25) is 0 Å². The SMILES string of the molecule is COCCC(NC(=O)C(C)(C)c1ccc(OC)cc1)C(=O)O. The molecule has 1 rings (SSSR count). The summed E-state index contributed by atoms with van der Waals surface area (Å²) in [5.41, 5.74) is -0.0748. The molecule has 1 amide bonds. The number of ether oxygens (including phenoxy) is 2. The Balaban J connectivity index is 2.85. The maximum atomic E-state index is 12.5. The number of hydrogen-bond donors (Lipinski definition) is 2. The Morgan fingerprint density at radius 3 is 2.27 bits per heavy atom. The molecule has 1 aromatic carbocycles. The van der Waals surface area contributed by atoms with E-state index >= 15 is 0 Å². The summed E-state index contributed by atoms with van der Waals surface area (Å²) in [4.78, 5) is 23.7. The monoisotopic (exact) mass is 309 g/mol. The second-order valence-electron chi connectivity index (χ2n) is 5.50. The van der Waals surface area contributed by atoms with E-state index in [0.717, 1.165) is 5.56 Å². The number of carbonyl (C=O) groups excluding carboxylic acids is 1. The molecule has 0 aliphatic rings. The Kier molecular flexibility index (Phi) is 6.37. The molecule has 0 heterocycles. The van der Waals surface area contributed by atoms with Gasteiger partial charge in [0.05, 0.1) is 12.5 Å². The summed E-state index contributed by atoms with van der Waals surface area (Å²) in [6.45, 7) is 3.76. The molecule has 0 saturated heterocycles. The van der Waals surface area contributed by atoms with Gasteiger partial charge >= 0.3 is 5.97 Å². The van der Waals surface area contributed by atoms with Crippen molar-refractivity contribution >= 4 is 11.9 Å². The topological polar surface area (TPSA) is 84.9 Å². The van der Waals surface area contributed by atoms with Crippen molar-refractivity contribution in [1.82, 2.24) is 5.32 Å². The van der Waals surface area contributed by atoms with Crippen molar-refractivity contribution in [3.63, 3.8) is 0 Å². The highest BCUT2D eigenvalue weighted by Crippen LogP contribution is 2.25. The van der Waals surface area contributed by atoms with Gasteiger partial charge in [-0.05, 0) is 31.5 Å². The normalized spacial score (nSPS) is 12.5. The van der Waals surface area contributed by atoms with E-state index in [1.54, 1.807) is 45.2 Å². The molecule has 1 aromatic rings. The Labute approximate surface area is 130 Å². The van der Waals surface area contributed by atoms with Crippen LogP contribution in [0.25, 0.3) is 0 Å². The fourth-order valence-electron chi connectivity index (χ4n) is 1.97. The molecule has 1 atom stereocenters. The summed E-state index contributed by atoms with van der Waals surface area (Å²) in [6, 6.07) is 6.16. The Bertz CT molecular complexity index is 510. The third kappa shape index (κ3) is 4.46. The van der Waals surface area contributed by atoms with E-state index in [1.807, 2.05) is 0 Å². The molecule has 122 valence electrons. The molecular weight excluding hydrogens is 286 g/mol. The Morgan fingerprint density at radius 2 is 1.82 bits per heavy atom. The molecule has 0 radical (unpaired) electrons. The highest BCUT2D eigenvalue weighted by molar-refractivity contribution is 5.90. The van der Waals surface area contributed by atoms with Crippen LogP contribution in [0.4, 0.5) is 0 Å². The van der Waals surface area contributed by atoms with E-state index in [1.165, 1.54) is 7.11 Å². The largest absolute Gasteiger partial charge is 0.497 e. The van der Waals surface area contributed by atoms with Crippen molar-refractivity contribution in [3.8, 4) is 5.75 Å². The van der Waals surface area contributed by atoms with Crippen LogP contribution in [0, 0.1) is 0 Å². The lowest BCUT2D eigenvalue weighted by atomic mass is 9.83. The van der Waals surface area contributed by atoms with Crippen LogP contribution in [0.1, 0.15) is 25.8 Å². The Morgan fingerprint density at radius 1 is 1.23 bits per heavy atom. The number of methoxy groups -OCH3 is 2. The second-order valence-corrected chi connectivity index (χ2v) is 5.50. The number of rotatable bonds is 8. The zero-order valence-electron chi connectivity index (χ0n) is 13.4. The van der Waals surface area contributed by atoms with Crippen molar-refractivity contribution in [2.24, 2.45) is 0 Å². The van der Waals surface area contributed by atoms with Gasteiger partial charge in [0.15, 0.2) is 0 Å². The van der Waals surface area contributed by atoms with Crippen LogP contribution < -0.4 is 10.1 Å². The van der Waals surface area contributed by atoms with E-state index in [9.17, 15) is 9.59 Å². The van der Waals surface area contributed by atoms with Gasteiger partial charge in [-0.15, -0.1) is 0 Å². The minimum absolute atomic E-state index is 0.219. The van der Waals surface area contributed by atoms with Crippen LogP contribution >= 0.6 is 0 Å². The average Bonchev–Trinajstić information content (AvgIpc) is 2.50. The van der Waals surface area contributed by atoms with Crippen LogP contribution in [0.5, 0.6) is 5.75 Å². The summed E-state index contributed by atoms with van der Waals surface area (Å²) in [5, 5.41) is 11.7. The molecule has 0 bridgehead atoms. The van der Waals surface area contributed by atoms with Gasteiger partial charge < -0.3 is 19.9 Å². The lowest BCUT2D eigenvalue weighted by Crippen LogP contribution is -2.48. The second kappa shape index (κ2) is 7.79. The maximum Gasteiger partial charge on any atom is 0.326 e. The third-order valence-corrected chi connectivity index (χ3v) is 3.59. The van der Waals surface area contributed by atoms with Gasteiger partial charge in [-0.3, -0.25) is 4.79 Å². The van der Waals surface area contributed by atoms with E-state index < -0.39 is 17.4 Å². The summed E-state index contributed by atoms with van der Waals surface area (Å²) in [6.07, 6.45) is 0.219. The number of benzene rings is 1. The highest BCUT2D eigenvalue weighted by Gasteiger charge is 2.32. The number of carbonyl (C=O) groups is 2. The zero-order valence-corrected chi connectivity index (χ0v) is 13.4. The maximum absolute atomic E-state index is 12.5. The number of carboxylic acids is 1. The molecule has 6 nitrogen and oxygen atoms in total. The summed E-state index contributed by atoms with van der Waals surface area (Å²) in [7, 11) is 3.06.